The predicted molar refractivity (Wildman–Crippen MR) is 77.2 cm³/mol. The van der Waals surface area contributed by atoms with Crippen molar-refractivity contribution in [2.45, 2.75) is 31.4 Å². The molecule has 1 amide bonds. The lowest BCUT2D eigenvalue weighted by molar-refractivity contribution is -0.135. The average molecular weight is 285 g/mol. The van der Waals surface area contributed by atoms with E-state index in [2.05, 4.69) is 5.32 Å². The van der Waals surface area contributed by atoms with Gasteiger partial charge in [-0.2, -0.15) is 0 Å². The molecular formula is C14H21ClN2O2. The van der Waals surface area contributed by atoms with E-state index in [1.165, 1.54) is 0 Å². The summed E-state index contributed by atoms with van der Waals surface area (Å²) in [5.41, 5.74) is 7.05. The Morgan fingerprint density at radius 1 is 1.37 bits per heavy atom. The molecule has 2 atom stereocenters. The molecule has 3 N–H and O–H groups in total. The van der Waals surface area contributed by atoms with Crippen LogP contribution in [0.25, 0.3) is 0 Å². The van der Waals surface area contributed by atoms with Crippen LogP contribution in [0.3, 0.4) is 0 Å². The van der Waals surface area contributed by atoms with Crippen LogP contribution in [0.15, 0.2) is 30.3 Å². The topological polar surface area (TPSA) is 64.3 Å². The number of benzene rings is 1. The highest BCUT2D eigenvalue weighted by Gasteiger charge is 2.22. The third-order valence-electron chi connectivity index (χ3n) is 3.20. The van der Waals surface area contributed by atoms with Crippen LogP contribution in [-0.2, 0) is 9.53 Å². The monoisotopic (exact) mass is 284 g/mol. The summed E-state index contributed by atoms with van der Waals surface area (Å²) in [5.74, 6) is -0.0407. The van der Waals surface area contributed by atoms with Gasteiger partial charge in [-0.1, -0.05) is 30.3 Å². The standard InChI is InChI=1S/C14H20N2O2.ClH/c15-12(11-6-2-1-3-7-11)10-16-14(17)13-8-4-5-9-18-13;/h1-3,6-7,12-13H,4-5,8-10,15H2,(H,16,17);1H. The number of halogens is 1. The van der Waals surface area contributed by atoms with E-state index in [1.54, 1.807) is 0 Å². The van der Waals surface area contributed by atoms with Crippen LogP contribution < -0.4 is 11.1 Å². The largest absolute Gasteiger partial charge is 0.368 e. The van der Waals surface area contributed by atoms with E-state index in [0.29, 0.717) is 13.2 Å². The number of carbonyl (C=O) groups is 1. The Hall–Kier alpha value is -1.10. The summed E-state index contributed by atoms with van der Waals surface area (Å²) < 4.78 is 5.42. The number of nitrogens with one attached hydrogen (secondary N) is 1. The minimum absolute atomic E-state index is 0. The third kappa shape index (κ3) is 4.82. The SMILES string of the molecule is Cl.NC(CNC(=O)C1CCCCO1)c1ccccc1. The first-order chi connectivity index (χ1) is 8.77. The molecule has 5 heteroatoms. The van der Waals surface area contributed by atoms with Crippen molar-refractivity contribution >= 4 is 18.3 Å². The molecule has 2 unspecified atom stereocenters. The minimum Gasteiger partial charge on any atom is -0.368 e. The van der Waals surface area contributed by atoms with E-state index in [9.17, 15) is 4.79 Å². The first-order valence-corrected chi connectivity index (χ1v) is 6.47. The number of carbonyl (C=O) groups excluding carboxylic acids is 1. The van der Waals surface area contributed by atoms with Gasteiger partial charge in [0.1, 0.15) is 6.10 Å². The van der Waals surface area contributed by atoms with Crippen LogP contribution in [0, 0.1) is 0 Å². The van der Waals surface area contributed by atoms with Crippen molar-refractivity contribution in [2.75, 3.05) is 13.2 Å². The molecule has 4 nitrogen and oxygen atoms in total. The number of rotatable bonds is 4. The second-order valence-corrected chi connectivity index (χ2v) is 4.62. The molecule has 1 aliphatic heterocycles. The van der Waals surface area contributed by atoms with Gasteiger partial charge in [0.15, 0.2) is 0 Å². The average Bonchev–Trinajstić information content (AvgIpc) is 2.46. The van der Waals surface area contributed by atoms with Gasteiger partial charge in [-0.3, -0.25) is 4.79 Å². The van der Waals surface area contributed by atoms with Crippen molar-refractivity contribution in [3.8, 4) is 0 Å². The van der Waals surface area contributed by atoms with E-state index in [1.807, 2.05) is 30.3 Å². The van der Waals surface area contributed by atoms with E-state index >= 15 is 0 Å². The number of nitrogens with two attached hydrogens (primary N) is 1. The Bertz CT molecular complexity index is 380. The summed E-state index contributed by atoms with van der Waals surface area (Å²) in [4.78, 5) is 11.8. The van der Waals surface area contributed by atoms with Gasteiger partial charge >= 0.3 is 0 Å². The Labute approximate surface area is 120 Å². The Morgan fingerprint density at radius 2 is 2.11 bits per heavy atom. The zero-order chi connectivity index (χ0) is 12.8. The lowest BCUT2D eigenvalue weighted by Gasteiger charge is -2.22. The van der Waals surface area contributed by atoms with E-state index in [4.69, 9.17) is 10.5 Å². The number of ether oxygens (including phenoxy) is 1. The minimum atomic E-state index is -0.290. The van der Waals surface area contributed by atoms with Crippen LogP contribution in [0.1, 0.15) is 30.9 Å². The highest BCUT2D eigenvalue weighted by Crippen LogP contribution is 2.13. The van der Waals surface area contributed by atoms with Crippen LogP contribution in [0.2, 0.25) is 0 Å². The van der Waals surface area contributed by atoms with Crippen LogP contribution >= 0.6 is 12.4 Å². The summed E-state index contributed by atoms with van der Waals surface area (Å²) in [6.07, 6.45) is 2.63. The highest BCUT2D eigenvalue weighted by molar-refractivity contribution is 5.85. The maximum atomic E-state index is 11.8. The fourth-order valence-electron chi connectivity index (χ4n) is 2.09. The molecule has 2 rings (SSSR count). The molecule has 1 fully saturated rings. The molecule has 0 aliphatic carbocycles. The Balaban J connectivity index is 0.00000180. The molecule has 1 heterocycles. The second-order valence-electron chi connectivity index (χ2n) is 4.62. The number of hydrogen-bond acceptors (Lipinski definition) is 3. The summed E-state index contributed by atoms with van der Waals surface area (Å²) in [6, 6.07) is 9.61. The van der Waals surface area contributed by atoms with Crippen molar-refractivity contribution < 1.29 is 9.53 Å². The van der Waals surface area contributed by atoms with Crippen LogP contribution in [0.5, 0.6) is 0 Å². The zero-order valence-corrected chi connectivity index (χ0v) is 11.7. The van der Waals surface area contributed by atoms with Crippen molar-refractivity contribution in [1.29, 1.82) is 0 Å². The maximum Gasteiger partial charge on any atom is 0.249 e. The molecule has 1 aromatic rings. The Kier molecular flexibility index (Phi) is 6.84. The van der Waals surface area contributed by atoms with E-state index < -0.39 is 0 Å². The molecule has 106 valence electrons. The maximum absolute atomic E-state index is 11.8. The van der Waals surface area contributed by atoms with Crippen LogP contribution in [-0.4, -0.2) is 25.2 Å². The smallest absolute Gasteiger partial charge is 0.249 e. The van der Waals surface area contributed by atoms with Gasteiger partial charge in [-0.05, 0) is 24.8 Å². The second kappa shape index (κ2) is 8.15. The molecule has 19 heavy (non-hydrogen) atoms. The zero-order valence-electron chi connectivity index (χ0n) is 10.9. The van der Waals surface area contributed by atoms with Gasteiger partial charge in [0.05, 0.1) is 0 Å². The normalized spacial score (nSPS) is 20.2. The summed E-state index contributed by atoms with van der Waals surface area (Å²) in [7, 11) is 0. The molecule has 0 saturated carbocycles. The van der Waals surface area contributed by atoms with E-state index in [-0.39, 0.29) is 30.5 Å². The van der Waals surface area contributed by atoms with Gasteiger partial charge in [-0.15, -0.1) is 12.4 Å². The quantitative estimate of drug-likeness (QED) is 0.886. The fourth-order valence-corrected chi connectivity index (χ4v) is 2.09. The lowest BCUT2D eigenvalue weighted by Crippen LogP contribution is -2.41. The van der Waals surface area contributed by atoms with E-state index in [0.717, 1.165) is 24.8 Å². The fraction of sp³-hybridized carbons (Fsp3) is 0.500. The Morgan fingerprint density at radius 3 is 2.74 bits per heavy atom. The van der Waals surface area contributed by atoms with Crippen molar-refractivity contribution in [3.05, 3.63) is 35.9 Å². The summed E-state index contributed by atoms with van der Waals surface area (Å²) in [5, 5.41) is 2.86. The summed E-state index contributed by atoms with van der Waals surface area (Å²) in [6.45, 7) is 1.13. The first kappa shape index (κ1) is 16.0. The third-order valence-corrected chi connectivity index (χ3v) is 3.20. The molecule has 1 aromatic carbocycles. The van der Waals surface area contributed by atoms with Crippen molar-refractivity contribution in [1.82, 2.24) is 5.32 Å². The molecule has 1 aliphatic rings. The van der Waals surface area contributed by atoms with Crippen LogP contribution in [0.4, 0.5) is 0 Å². The highest BCUT2D eigenvalue weighted by atomic mass is 35.5. The van der Waals surface area contributed by atoms with Gasteiger partial charge in [-0.25, -0.2) is 0 Å². The van der Waals surface area contributed by atoms with Gasteiger partial charge in [0, 0.05) is 19.2 Å². The molecule has 0 aromatic heterocycles. The lowest BCUT2D eigenvalue weighted by atomic mass is 10.1. The predicted octanol–water partition coefficient (Wildman–Crippen LogP) is 1.79. The van der Waals surface area contributed by atoms with Gasteiger partial charge in [0.2, 0.25) is 5.91 Å². The molecule has 1 saturated heterocycles. The molecule has 0 radical (unpaired) electrons. The summed E-state index contributed by atoms with van der Waals surface area (Å²) >= 11 is 0. The molecular weight excluding hydrogens is 264 g/mol. The molecule has 0 bridgehead atoms. The first-order valence-electron chi connectivity index (χ1n) is 6.47. The van der Waals surface area contributed by atoms with Crippen molar-refractivity contribution in [2.24, 2.45) is 5.73 Å². The van der Waals surface area contributed by atoms with Crippen molar-refractivity contribution in [3.63, 3.8) is 0 Å². The van der Waals surface area contributed by atoms with Gasteiger partial charge < -0.3 is 15.8 Å². The van der Waals surface area contributed by atoms with Gasteiger partial charge in [0.25, 0.3) is 0 Å². The number of hydrogen-bond donors (Lipinski definition) is 2. The number of amides is 1. The molecule has 0 spiro atoms.